The summed E-state index contributed by atoms with van der Waals surface area (Å²) in [7, 11) is 3.03. The van der Waals surface area contributed by atoms with E-state index in [9.17, 15) is 14.3 Å². The summed E-state index contributed by atoms with van der Waals surface area (Å²) < 4.78 is 30.3. The molecule has 168 valence electrons. The van der Waals surface area contributed by atoms with Crippen molar-refractivity contribution in [3.63, 3.8) is 0 Å². The largest absolute Gasteiger partial charge is 0.497 e. The maximum absolute atomic E-state index is 14.2. The number of hydrogen-bond donors (Lipinski definition) is 2. The molecule has 0 bridgehead atoms. The Morgan fingerprint density at radius 3 is 2.53 bits per heavy atom. The third-order valence-corrected chi connectivity index (χ3v) is 5.05. The molecule has 32 heavy (non-hydrogen) atoms. The van der Waals surface area contributed by atoms with Crippen molar-refractivity contribution in [1.29, 1.82) is 0 Å². The number of carboxylic acid groups (broad SMARTS) is 1. The van der Waals surface area contributed by atoms with Crippen molar-refractivity contribution >= 4 is 5.97 Å². The van der Waals surface area contributed by atoms with Gasteiger partial charge in [-0.05, 0) is 60.0 Å². The monoisotopic (exact) mass is 439 g/mol. The second-order valence-electron chi connectivity index (χ2n) is 7.20. The summed E-state index contributed by atoms with van der Waals surface area (Å²) in [5.41, 5.74) is 2.17. The second-order valence-corrected chi connectivity index (χ2v) is 7.20. The molecule has 0 aliphatic carbocycles. The van der Waals surface area contributed by atoms with Crippen molar-refractivity contribution in [2.45, 2.75) is 13.0 Å². The van der Waals surface area contributed by atoms with Gasteiger partial charge in [-0.3, -0.25) is 0 Å². The van der Waals surface area contributed by atoms with Crippen LogP contribution in [0, 0.1) is 5.82 Å². The summed E-state index contributed by atoms with van der Waals surface area (Å²) in [4.78, 5) is 11.5. The fourth-order valence-electron chi connectivity index (χ4n) is 3.34. The molecule has 0 aromatic heterocycles. The molecule has 0 unspecified atom stereocenters. The van der Waals surface area contributed by atoms with Crippen LogP contribution in [0.15, 0.2) is 60.7 Å². The van der Waals surface area contributed by atoms with Gasteiger partial charge in [0.25, 0.3) is 0 Å². The maximum Gasteiger partial charge on any atom is 0.339 e. The van der Waals surface area contributed by atoms with Crippen molar-refractivity contribution in [2.24, 2.45) is 0 Å². The van der Waals surface area contributed by atoms with Gasteiger partial charge in [-0.1, -0.05) is 18.2 Å². The third-order valence-electron chi connectivity index (χ3n) is 5.05. The minimum atomic E-state index is -1.12. The molecule has 0 amide bonds. The smallest absolute Gasteiger partial charge is 0.339 e. The lowest BCUT2D eigenvalue weighted by molar-refractivity contribution is 0.0693. The van der Waals surface area contributed by atoms with E-state index in [-0.39, 0.29) is 17.4 Å². The van der Waals surface area contributed by atoms with Gasteiger partial charge in [0.15, 0.2) is 0 Å². The summed E-state index contributed by atoms with van der Waals surface area (Å²) in [6.45, 7) is 2.93. The maximum atomic E-state index is 14.2. The number of methoxy groups -OCH3 is 2. The standard InChI is InChI=1S/C25H26FNO5/c1-16(17-5-4-6-21(12-17)30-2)27-9-10-32-22-13-19(11-20(26)15-22)18-7-8-24(31-3)23(14-18)25(28)29/h4-8,11-16,27H,9-10H2,1-3H3,(H,28,29)/t16-/m1/s1. The Kier molecular flexibility index (Phi) is 7.68. The normalized spacial score (nSPS) is 11.6. The summed E-state index contributed by atoms with van der Waals surface area (Å²) in [6, 6.07) is 16.9. The molecule has 0 saturated carbocycles. The molecule has 1 atom stereocenters. The molecule has 6 nitrogen and oxygen atoms in total. The van der Waals surface area contributed by atoms with Crippen LogP contribution in [0.4, 0.5) is 4.39 Å². The highest BCUT2D eigenvalue weighted by atomic mass is 19.1. The number of hydrogen-bond acceptors (Lipinski definition) is 5. The van der Waals surface area contributed by atoms with Gasteiger partial charge < -0.3 is 24.6 Å². The number of rotatable bonds is 10. The van der Waals surface area contributed by atoms with Crippen LogP contribution in [0.25, 0.3) is 11.1 Å². The first-order valence-corrected chi connectivity index (χ1v) is 10.1. The van der Waals surface area contributed by atoms with Crippen LogP contribution in [0.5, 0.6) is 17.2 Å². The number of halogens is 1. The molecule has 0 fully saturated rings. The molecule has 0 aliphatic rings. The highest BCUT2D eigenvalue weighted by Crippen LogP contribution is 2.30. The van der Waals surface area contributed by atoms with Gasteiger partial charge in [-0.25, -0.2) is 9.18 Å². The lowest BCUT2D eigenvalue weighted by atomic mass is 10.0. The minimum Gasteiger partial charge on any atom is -0.497 e. The number of carbonyl (C=O) groups is 1. The predicted octanol–water partition coefficient (Wildman–Crippen LogP) is 4.94. The molecule has 0 saturated heterocycles. The Balaban J connectivity index is 1.65. The Hall–Kier alpha value is -3.58. The molecule has 3 aromatic carbocycles. The average Bonchev–Trinajstić information content (AvgIpc) is 2.80. The second kappa shape index (κ2) is 10.6. The van der Waals surface area contributed by atoms with Crippen LogP contribution in [0.3, 0.4) is 0 Å². The fraction of sp³-hybridized carbons (Fsp3) is 0.240. The molecular formula is C25H26FNO5. The summed E-state index contributed by atoms with van der Waals surface area (Å²) in [5.74, 6) is -0.186. The van der Waals surface area contributed by atoms with Crippen LogP contribution in [0.2, 0.25) is 0 Å². The SMILES string of the molecule is COc1cccc([C@@H](C)NCCOc2cc(F)cc(-c3ccc(OC)c(C(=O)O)c3)c2)c1. The number of carboxylic acids is 1. The van der Waals surface area contributed by atoms with Gasteiger partial charge in [-0.2, -0.15) is 0 Å². The molecule has 3 rings (SSSR count). The quantitative estimate of drug-likeness (QED) is 0.436. The van der Waals surface area contributed by atoms with E-state index in [4.69, 9.17) is 14.2 Å². The highest BCUT2D eigenvalue weighted by molar-refractivity contribution is 5.92. The van der Waals surface area contributed by atoms with Crippen LogP contribution >= 0.6 is 0 Å². The van der Waals surface area contributed by atoms with Gasteiger partial charge in [0.2, 0.25) is 0 Å². The van der Waals surface area contributed by atoms with Crippen LogP contribution in [0.1, 0.15) is 28.9 Å². The topological polar surface area (TPSA) is 77.0 Å². The van der Waals surface area contributed by atoms with Crippen molar-refractivity contribution in [2.75, 3.05) is 27.4 Å². The molecule has 7 heteroatoms. The molecule has 0 spiro atoms. The third kappa shape index (κ3) is 5.76. The van der Waals surface area contributed by atoms with E-state index in [1.807, 2.05) is 31.2 Å². The zero-order chi connectivity index (χ0) is 23.1. The Morgan fingerprint density at radius 1 is 1.00 bits per heavy atom. The number of ether oxygens (including phenoxy) is 3. The lowest BCUT2D eigenvalue weighted by Gasteiger charge is -2.16. The molecule has 3 aromatic rings. The summed E-state index contributed by atoms with van der Waals surface area (Å²) in [5, 5.41) is 12.7. The molecule has 0 aliphatic heterocycles. The van der Waals surface area contributed by atoms with Crippen molar-refractivity contribution in [3.8, 4) is 28.4 Å². The minimum absolute atomic E-state index is 0.00691. The van der Waals surface area contributed by atoms with Crippen LogP contribution < -0.4 is 19.5 Å². The Morgan fingerprint density at radius 2 is 1.81 bits per heavy atom. The Bertz CT molecular complexity index is 1090. The molecule has 0 heterocycles. The van der Waals surface area contributed by atoms with Crippen LogP contribution in [-0.4, -0.2) is 38.4 Å². The van der Waals surface area contributed by atoms with E-state index >= 15 is 0 Å². The highest BCUT2D eigenvalue weighted by Gasteiger charge is 2.14. The van der Waals surface area contributed by atoms with E-state index in [2.05, 4.69) is 5.32 Å². The van der Waals surface area contributed by atoms with Gasteiger partial charge in [0, 0.05) is 18.7 Å². The molecule has 2 N–H and O–H groups in total. The lowest BCUT2D eigenvalue weighted by Crippen LogP contribution is -2.24. The predicted molar refractivity (Wildman–Crippen MR) is 120 cm³/mol. The van der Waals surface area contributed by atoms with Gasteiger partial charge in [0.05, 0.1) is 14.2 Å². The first-order valence-electron chi connectivity index (χ1n) is 10.1. The summed E-state index contributed by atoms with van der Waals surface area (Å²) >= 11 is 0. The van der Waals surface area contributed by atoms with E-state index in [1.54, 1.807) is 25.3 Å². The van der Waals surface area contributed by atoms with Crippen molar-refractivity contribution in [3.05, 3.63) is 77.6 Å². The number of nitrogens with one attached hydrogen (secondary N) is 1. The van der Waals surface area contributed by atoms with Gasteiger partial charge in [0.1, 0.15) is 35.2 Å². The fourth-order valence-corrected chi connectivity index (χ4v) is 3.34. The molecular weight excluding hydrogens is 413 g/mol. The van der Waals surface area contributed by atoms with E-state index in [0.717, 1.165) is 11.3 Å². The van der Waals surface area contributed by atoms with Crippen LogP contribution in [-0.2, 0) is 0 Å². The Labute approximate surface area is 186 Å². The first-order chi connectivity index (χ1) is 15.4. The number of benzene rings is 3. The van der Waals surface area contributed by atoms with Crippen molar-refractivity contribution < 1.29 is 28.5 Å². The first kappa shape index (κ1) is 23.1. The van der Waals surface area contributed by atoms with E-state index in [1.165, 1.54) is 25.3 Å². The number of aromatic carboxylic acids is 1. The van der Waals surface area contributed by atoms with Gasteiger partial charge in [-0.15, -0.1) is 0 Å². The summed E-state index contributed by atoms with van der Waals surface area (Å²) in [6.07, 6.45) is 0. The molecule has 0 radical (unpaired) electrons. The zero-order valence-electron chi connectivity index (χ0n) is 18.2. The average molecular weight is 439 g/mol. The van der Waals surface area contributed by atoms with E-state index < -0.39 is 11.8 Å². The van der Waals surface area contributed by atoms with E-state index in [0.29, 0.717) is 30.0 Å². The van der Waals surface area contributed by atoms with Crippen molar-refractivity contribution in [1.82, 2.24) is 5.32 Å². The zero-order valence-corrected chi connectivity index (χ0v) is 18.2. The van der Waals surface area contributed by atoms with Gasteiger partial charge >= 0.3 is 5.97 Å².